The molecule has 68 valence electrons. The first-order valence-corrected chi connectivity index (χ1v) is 4.74. The minimum atomic E-state index is -0.0854. The van der Waals surface area contributed by atoms with E-state index in [-0.39, 0.29) is 6.04 Å². The third kappa shape index (κ3) is 1.43. The van der Waals surface area contributed by atoms with Crippen molar-refractivity contribution in [2.45, 2.75) is 6.04 Å². The Morgan fingerprint density at radius 2 is 2.15 bits per heavy atom. The molecular weight excluding hydrogens is 184 g/mol. The summed E-state index contributed by atoms with van der Waals surface area (Å²) in [6, 6.07) is 7.99. The average molecular weight is 195 g/mol. The zero-order valence-corrected chi connectivity index (χ0v) is 7.88. The lowest BCUT2D eigenvalue weighted by Gasteiger charge is -2.04. The van der Waals surface area contributed by atoms with Crippen molar-refractivity contribution < 1.29 is 0 Å². The Bertz CT molecular complexity index is 408. The van der Waals surface area contributed by atoms with Gasteiger partial charge in [-0.3, -0.25) is 0 Å². The number of benzene rings is 1. The lowest BCUT2D eigenvalue weighted by atomic mass is 10.1. The zero-order chi connectivity index (χ0) is 9.26. The van der Waals surface area contributed by atoms with Crippen molar-refractivity contribution in [1.82, 2.24) is 4.98 Å². The molecule has 2 rings (SSSR count). The molecule has 0 saturated heterocycles. The van der Waals surface area contributed by atoms with Crippen LogP contribution in [0.1, 0.15) is 11.6 Å². The number of alkyl halides is 1. The monoisotopic (exact) mass is 194 g/mol. The van der Waals surface area contributed by atoms with Gasteiger partial charge in [-0.2, -0.15) is 0 Å². The molecule has 0 radical (unpaired) electrons. The molecule has 0 fully saturated rings. The Balaban J connectivity index is 2.57. The predicted molar refractivity (Wildman–Crippen MR) is 55.9 cm³/mol. The van der Waals surface area contributed by atoms with Crippen molar-refractivity contribution in [1.29, 1.82) is 0 Å². The Hall–Kier alpha value is -0.990. The largest absolute Gasteiger partial charge is 0.361 e. The fourth-order valence-corrected chi connectivity index (χ4v) is 1.65. The maximum Gasteiger partial charge on any atom is 0.0457 e. The van der Waals surface area contributed by atoms with Gasteiger partial charge in [0, 0.05) is 29.0 Å². The van der Waals surface area contributed by atoms with Gasteiger partial charge in [-0.05, 0) is 11.6 Å². The third-order valence-corrected chi connectivity index (χ3v) is 2.52. The van der Waals surface area contributed by atoms with Gasteiger partial charge in [-0.1, -0.05) is 18.2 Å². The number of aromatic nitrogens is 1. The van der Waals surface area contributed by atoms with E-state index in [0.717, 1.165) is 16.5 Å². The van der Waals surface area contributed by atoms with E-state index in [1.807, 2.05) is 30.5 Å². The fourth-order valence-electron chi connectivity index (χ4n) is 1.48. The summed E-state index contributed by atoms with van der Waals surface area (Å²) in [7, 11) is 0. The highest BCUT2D eigenvalue weighted by atomic mass is 35.5. The van der Waals surface area contributed by atoms with Gasteiger partial charge in [0.25, 0.3) is 0 Å². The van der Waals surface area contributed by atoms with Crippen LogP contribution in [0.4, 0.5) is 0 Å². The number of nitrogens with one attached hydrogen (secondary N) is 1. The zero-order valence-electron chi connectivity index (χ0n) is 7.13. The Kier molecular flexibility index (Phi) is 2.25. The number of para-hydroxylation sites is 1. The maximum atomic E-state index is 5.85. The van der Waals surface area contributed by atoms with Gasteiger partial charge in [0.05, 0.1) is 0 Å². The summed E-state index contributed by atoms with van der Waals surface area (Å²) in [5, 5.41) is 1.16. The quantitative estimate of drug-likeness (QED) is 0.709. The number of H-pyrrole nitrogens is 1. The molecule has 0 aliphatic rings. The van der Waals surface area contributed by atoms with Gasteiger partial charge in [-0.15, -0.1) is 11.6 Å². The predicted octanol–water partition coefficient (Wildman–Crippen LogP) is 2.41. The van der Waals surface area contributed by atoms with E-state index < -0.39 is 0 Å². The number of nitrogens with two attached hydrogens (primary N) is 1. The highest BCUT2D eigenvalue weighted by Gasteiger charge is 2.09. The molecule has 0 aliphatic heterocycles. The molecule has 0 amide bonds. The molecule has 0 aliphatic carbocycles. The first-order chi connectivity index (χ1) is 6.33. The van der Waals surface area contributed by atoms with Gasteiger partial charge in [0.1, 0.15) is 0 Å². The third-order valence-electron chi connectivity index (χ3n) is 2.19. The van der Waals surface area contributed by atoms with Crippen molar-refractivity contribution in [3.63, 3.8) is 0 Å². The van der Waals surface area contributed by atoms with E-state index in [2.05, 4.69) is 4.98 Å². The number of hydrogen-bond acceptors (Lipinski definition) is 1. The van der Waals surface area contributed by atoms with Crippen LogP contribution in [0.2, 0.25) is 0 Å². The SMILES string of the molecule is NC(CCl)c1c[nH]c2ccccc12. The van der Waals surface area contributed by atoms with Gasteiger partial charge >= 0.3 is 0 Å². The van der Waals surface area contributed by atoms with E-state index in [4.69, 9.17) is 17.3 Å². The number of hydrogen-bond donors (Lipinski definition) is 2. The summed E-state index contributed by atoms with van der Waals surface area (Å²) in [5.74, 6) is 0.446. The molecule has 0 bridgehead atoms. The molecule has 3 heteroatoms. The van der Waals surface area contributed by atoms with E-state index >= 15 is 0 Å². The highest BCUT2D eigenvalue weighted by molar-refractivity contribution is 6.18. The standard InChI is InChI=1S/C10H11ClN2/c11-5-9(12)8-6-13-10-4-2-1-3-7(8)10/h1-4,6,9,13H,5,12H2. The molecule has 13 heavy (non-hydrogen) atoms. The summed E-state index contributed by atoms with van der Waals surface area (Å²) in [6.45, 7) is 0. The Labute approximate surface area is 81.7 Å². The second-order valence-electron chi connectivity index (χ2n) is 3.05. The number of rotatable bonds is 2. The first-order valence-electron chi connectivity index (χ1n) is 4.20. The van der Waals surface area contributed by atoms with Crippen molar-refractivity contribution >= 4 is 22.5 Å². The molecule has 1 aromatic heterocycles. The molecule has 1 heterocycles. The number of halogens is 1. The minimum Gasteiger partial charge on any atom is -0.361 e. The Morgan fingerprint density at radius 3 is 2.92 bits per heavy atom. The van der Waals surface area contributed by atoms with Crippen LogP contribution in [0.5, 0.6) is 0 Å². The van der Waals surface area contributed by atoms with Crippen molar-refractivity contribution in [2.24, 2.45) is 5.73 Å². The second kappa shape index (κ2) is 3.40. The van der Waals surface area contributed by atoms with E-state index in [9.17, 15) is 0 Å². The minimum absolute atomic E-state index is 0.0854. The van der Waals surface area contributed by atoms with Crippen LogP contribution in [-0.2, 0) is 0 Å². The van der Waals surface area contributed by atoms with E-state index in [1.54, 1.807) is 0 Å². The highest BCUT2D eigenvalue weighted by Crippen LogP contribution is 2.22. The van der Waals surface area contributed by atoms with Gasteiger partial charge in [-0.25, -0.2) is 0 Å². The molecule has 0 spiro atoms. The molecule has 2 aromatic rings. The van der Waals surface area contributed by atoms with Crippen molar-refractivity contribution in [3.05, 3.63) is 36.0 Å². The topological polar surface area (TPSA) is 41.8 Å². The molecule has 1 unspecified atom stereocenters. The smallest absolute Gasteiger partial charge is 0.0457 e. The van der Waals surface area contributed by atoms with Crippen LogP contribution in [-0.4, -0.2) is 10.9 Å². The lowest BCUT2D eigenvalue weighted by molar-refractivity contribution is 0.834. The van der Waals surface area contributed by atoms with Gasteiger partial charge < -0.3 is 10.7 Å². The van der Waals surface area contributed by atoms with Crippen LogP contribution in [0, 0.1) is 0 Å². The van der Waals surface area contributed by atoms with Crippen LogP contribution in [0.15, 0.2) is 30.5 Å². The summed E-state index contributed by atoms with van der Waals surface area (Å²) >= 11 is 5.70. The van der Waals surface area contributed by atoms with Gasteiger partial charge in [0.2, 0.25) is 0 Å². The normalized spacial score (nSPS) is 13.4. The molecule has 2 nitrogen and oxygen atoms in total. The molecular formula is C10H11ClN2. The summed E-state index contributed by atoms with van der Waals surface area (Å²) < 4.78 is 0. The molecule has 1 atom stereocenters. The van der Waals surface area contributed by atoms with Crippen LogP contribution >= 0.6 is 11.6 Å². The van der Waals surface area contributed by atoms with E-state index in [1.165, 1.54) is 0 Å². The summed E-state index contributed by atoms with van der Waals surface area (Å²) in [5.41, 5.74) is 8.05. The van der Waals surface area contributed by atoms with Crippen molar-refractivity contribution in [3.8, 4) is 0 Å². The number of fused-ring (bicyclic) bond motifs is 1. The summed E-state index contributed by atoms with van der Waals surface area (Å²) in [6.07, 6.45) is 1.93. The van der Waals surface area contributed by atoms with E-state index in [0.29, 0.717) is 5.88 Å². The lowest BCUT2D eigenvalue weighted by Crippen LogP contribution is -2.10. The van der Waals surface area contributed by atoms with Crippen molar-refractivity contribution in [2.75, 3.05) is 5.88 Å². The molecule has 3 N–H and O–H groups in total. The summed E-state index contributed by atoms with van der Waals surface area (Å²) in [4.78, 5) is 3.16. The fraction of sp³-hybridized carbons (Fsp3) is 0.200. The van der Waals surface area contributed by atoms with Crippen LogP contribution in [0.3, 0.4) is 0 Å². The number of aromatic amines is 1. The molecule has 0 saturated carbocycles. The van der Waals surface area contributed by atoms with Crippen LogP contribution in [0.25, 0.3) is 10.9 Å². The first kappa shape index (κ1) is 8.60. The van der Waals surface area contributed by atoms with Gasteiger partial charge in [0.15, 0.2) is 0 Å². The van der Waals surface area contributed by atoms with Crippen LogP contribution < -0.4 is 5.73 Å². The average Bonchev–Trinajstić information content (AvgIpc) is 2.60. The Morgan fingerprint density at radius 1 is 1.38 bits per heavy atom. The second-order valence-corrected chi connectivity index (χ2v) is 3.36. The molecule has 1 aromatic carbocycles. The maximum absolute atomic E-state index is 5.85.